The van der Waals surface area contributed by atoms with Gasteiger partial charge in [-0.15, -0.1) is 0 Å². The van der Waals surface area contributed by atoms with Crippen molar-refractivity contribution in [3.63, 3.8) is 0 Å². The molecule has 1 amide bonds. The Kier molecular flexibility index (Phi) is 5.75. The van der Waals surface area contributed by atoms with E-state index in [2.05, 4.69) is 5.32 Å². The molecule has 0 aromatic heterocycles. The number of nitrogens with zero attached hydrogens (tertiary/aromatic N) is 1. The lowest BCUT2D eigenvalue weighted by Gasteiger charge is -2.15. The average molecular weight is 348 g/mol. The van der Waals surface area contributed by atoms with Crippen molar-refractivity contribution in [1.82, 2.24) is 5.32 Å². The number of hydrogen-bond acceptors (Lipinski definition) is 5. The molecular weight excluding hydrogens is 332 g/mol. The molecule has 0 aliphatic heterocycles. The van der Waals surface area contributed by atoms with Crippen molar-refractivity contribution in [1.29, 1.82) is 0 Å². The van der Waals surface area contributed by atoms with Gasteiger partial charge >= 0.3 is 5.97 Å². The van der Waals surface area contributed by atoms with Crippen LogP contribution in [-0.4, -0.2) is 40.0 Å². The van der Waals surface area contributed by atoms with E-state index in [1.54, 1.807) is 24.3 Å². The predicted octanol–water partition coefficient (Wildman–Crippen LogP) is 2.68. The Morgan fingerprint density at radius 3 is 2.67 bits per heavy atom. The van der Waals surface area contributed by atoms with Gasteiger partial charge < -0.3 is 10.4 Å². The number of carbonyl (C=O) groups excluding carboxylic acids is 1. The van der Waals surface area contributed by atoms with Crippen LogP contribution in [0.15, 0.2) is 36.4 Å². The number of carboxylic acids is 1. The Morgan fingerprint density at radius 1 is 1.33 bits per heavy atom. The highest BCUT2D eigenvalue weighted by Crippen LogP contribution is 2.25. The molecule has 2 aromatic carbocycles. The molecule has 0 saturated carbocycles. The lowest BCUT2D eigenvalue weighted by atomic mass is 10.0. The molecule has 1 atom stereocenters. The summed E-state index contributed by atoms with van der Waals surface area (Å²) in [6.45, 7) is 0. The van der Waals surface area contributed by atoms with E-state index in [0.29, 0.717) is 16.5 Å². The molecule has 2 N–H and O–H groups in total. The van der Waals surface area contributed by atoms with Gasteiger partial charge in [-0.25, -0.2) is 4.79 Å². The molecule has 8 heteroatoms. The van der Waals surface area contributed by atoms with Crippen LogP contribution >= 0.6 is 11.8 Å². The maximum Gasteiger partial charge on any atom is 0.326 e. The summed E-state index contributed by atoms with van der Waals surface area (Å²) >= 11 is 1.48. The van der Waals surface area contributed by atoms with E-state index in [-0.39, 0.29) is 17.7 Å². The fourth-order valence-corrected chi connectivity index (χ4v) is 2.79. The largest absolute Gasteiger partial charge is 0.480 e. The molecule has 0 saturated heterocycles. The van der Waals surface area contributed by atoms with Crippen LogP contribution in [-0.2, 0) is 4.79 Å². The summed E-state index contributed by atoms with van der Waals surface area (Å²) in [4.78, 5) is 34.3. The van der Waals surface area contributed by atoms with E-state index >= 15 is 0 Å². The topological polar surface area (TPSA) is 110 Å². The molecule has 0 radical (unpaired) electrons. The number of hydrogen-bond donors (Lipinski definition) is 2. The first-order valence-corrected chi connectivity index (χ1v) is 8.53. The van der Waals surface area contributed by atoms with Gasteiger partial charge in [0.2, 0.25) is 0 Å². The summed E-state index contributed by atoms with van der Waals surface area (Å²) in [5, 5.41) is 23.8. The Hall–Kier alpha value is -2.61. The number of rotatable bonds is 7. The highest BCUT2D eigenvalue weighted by molar-refractivity contribution is 7.98. The van der Waals surface area contributed by atoms with Crippen molar-refractivity contribution in [2.24, 2.45) is 0 Å². The fraction of sp³-hybridized carbons (Fsp3) is 0.250. The van der Waals surface area contributed by atoms with Gasteiger partial charge in [0.05, 0.1) is 10.5 Å². The SMILES string of the molecule is CSCC[C@H](NC(=O)c1cc([N+](=O)[O-])cc2ccccc12)C(=O)O. The van der Waals surface area contributed by atoms with Crippen LogP contribution in [0, 0.1) is 10.1 Å². The van der Waals surface area contributed by atoms with Crippen molar-refractivity contribution in [2.45, 2.75) is 12.5 Å². The van der Waals surface area contributed by atoms with Crippen LogP contribution in [0.25, 0.3) is 10.8 Å². The van der Waals surface area contributed by atoms with Crippen molar-refractivity contribution in [2.75, 3.05) is 12.0 Å². The normalized spacial score (nSPS) is 11.9. The number of non-ortho nitro benzene ring substituents is 1. The summed E-state index contributed by atoms with van der Waals surface area (Å²) in [7, 11) is 0. The summed E-state index contributed by atoms with van der Waals surface area (Å²) in [5.74, 6) is -1.19. The summed E-state index contributed by atoms with van der Waals surface area (Å²) in [6, 6.07) is 8.29. The average Bonchev–Trinajstić information content (AvgIpc) is 2.56. The zero-order valence-electron chi connectivity index (χ0n) is 12.9. The molecule has 7 nitrogen and oxygen atoms in total. The number of thioether (sulfide) groups is 1. The van der Waals surface area contributed by atoms with Crippen LogP contribution in [0.2, 0.25) is 0 Å². The lowest BCUT2D eigenvalue weighted by molar-refractivity contribution is -0.384. The molecule has 0 unspecified atom stereocenters. The van der Waals surface area contributed by atoms with E-state index in [4.69, 9.17) is 0 Å². The molecular formula is C16H16N2O5S. The van der Waals surface area contributed by atoms with Crippen molar-refractivity contribution in [3.05, 3.63) is 52.1 Å². The summed E-state index contributed by atoms with van der Waals surface area (Å²) in [5.41, 5.74) is -0.120. The van der Waals surface area contributed by atoms with E-state index in [9.17, 15) is 24.8 Å². The maximum absolute atomic E-state index is 12.5. The number of carboxylic acid groups (broad SMARTS) is 1. The van der Waals surface area contributed by atoms with E-state index < -0.39 is 22.8 Å². The molecule has 0 spiro atoms. The number of carbonyl (C=O) groups is 2. The first-order valence-electron chi connectivity index (χ1n) is 7.14. The van der Waals surface area contributed by atoms with Gasteiger partial charge in [-0.1, -0.05) is 24.3 Å². The van der Waals surface area contributed by atoms with Gasteiger partial charge in [0.15, 0.2) is 0 Å². The number of fused-ring (bicyclic) bond motifs is 1. The maximum atomic E-state index is 12.5. The second-order valence-electron chi connectivity index (χ2n) is 5.12. The fourth-order valence-electron chi connectivity index (χ4n) is 2.32. The smallest absolute Gasteiger partial charge is 0.326 e. The molecule has 2 aromatic rings. The Labute approximate surface area is 142 Å². The number of nitro groups is 1. The number of nitro benzene ring substituents is 1. The van der Waals surface area contributed by atoms with Crippen molar-refractivity contribution >= 4 is 40.1 Å². The number of benzene rings is 2. The number of nitrogens with one attached hydrogen (secondary N) is 1. The van der Waals surface area contributed by atoms with Crippen LogP contribution in [0.5, 0.6) is 0 Å². The zero-order valence-corrected chi connectivity index (χ0v) is 13.7. The highest BCUT2D eigenvalue weighted by atomic mass is 32.2. The van der Waals surface area contributed by atoms with Gasteiger partial charge in [-0.2, -0.15) is 11.8 Å². The van der Waals surface area contributed by atoms with Gasteiger partial charge in [-0.3, -0.25) is 14.9 Å². The van der Waals surface area contributed by atoms with Crippen molar-refractivity contribution in [3.8, 4) is 0 Å². The quantitative estimate of drug-likeness (QED) is 0.588. The number of aliphatic carboxylic acids is 1. The lowest BCUT2D eigenvalue weighted by Crippen LogP contribution is -2.41. The molecule has 0 heterocycles. The zero-order chi connectivity index (χ0) is 17.7. The van der Waals surface area contributed by atoms with E-state index in [1.165, 1.54) is 23.9 Å². The summed E-state index contributed by atoms with van der Waals surface area (Å²) in [6.07, 6.45) is 2.11. The molecule has 0 bridgehead atoms. The third-order valence-corrected chi connectivity index (χ3v) is 4.16. The van der Waals surface area contributed by atoms with E-state index in [1.807, 2.05) is 6.26 Å². The highest BCUT2D eigenvalue weighted by Gasteiger charge is 2.23. The molecule has 0 aliphatic carbocycles. The summed E-state index contributed by atoms with van der Waals surface area (Å²) < 4.78 is 0. The monoisotopic (exact) mass is 348 g/mol. The third kappa shape index (κ3) is 4.02. The van der Waals surface area contributed by atoms with Gasteiger partial charge in [-0.05, 0) is 29.2 Å². The van der Waals surface area contributed by atoms with Crippen LogP contribution in [0.3, 0.4) is 0 Å². The van der Waals surface area contributed by atoms with Gasteiger partial charge in [0.25, 0.3) is 11.6 Å². The Bertz CT molecular complexity index is 793. The first-order chi connectivity index (χ1) is 11.4. The number of amides is 1. The second kappa shape index (κ2) is 7.78. The Morgan fingerprint density at radius 2 is 2.04 bits per heavy atom. The van der Waals surface area contributed by atoms with Gasteiger partial charge in [0.1, 0.15) is 6.04 Å². The minimum absolute atomic E-state index is 0.0928. The second-order valence-corrected chi connectivity index (χ2v) is 6.10. The van der Waals surface area contributed by atoms with Crippen LogP contribution in [0.4, 0.5) is 5.69 Å². The predicted molar refractivity (Wildman–Crippen MR) is 92.5 cm³/mol. The molecule has 126 valence electrons. The molecule has 0 fully saturated rings. The van der Waals surface area contributed by atoms with Crippen LogP contribution < -0.4 is 5.32 Å². The van der Waals surface area contributed by atoms with Crippen molar-refractivity contribution < 1.29 is 19.6 Å². The van der Waals surface area contributed by atoms with Gasteiger partial charge in [0, 0.05) is 12.1 Å². The molecule has 2 rings (SSSR count). The minimum atomic E-state index is -1.13. The standard InChI is InChI=1S/C16H16N2O5S/c1-24-7-6-14(16(20)21)17-15(19)13-9-11(18(22)23)8-10-4-2-3-5-12(10)13/h2-5,8-9,14H,6-7H2,1H3,(H,17,19)(H,20,21)/t14-/m0/s1. The molecule has 24 heavy (non-hydrogen) atoms. The minimum Gasteiger partial charge on any atom is -0.480 e. The van der Waals surface area contributed by atoms with Crippen LogP contribution in [0.1, 0.15) is 16.8 Å². The molecule has 0 aliphatic rings. The van der Waals surface area contributed by atoms with E-state index in [0.717, 1.165) is 0 Å². The Balaban J connectivity index is 2.40. The first kappa shape index (κ1) is 17.7. The third-order valence-electron chi connectivity index (χ3n) is 3.52.